The molecule has 1 fully saturated rings. The average Bonchev–Trinajstić information content (AvgIpc) is 2.79. The second-order valence-corrected chi connectivity index (χ2v) is 8.39. The van der Waals surface area contributed by atoms with Crippen molar-refractivity contribution in [3.8, 4) is 5.75 Å². The zero-order chi connectivity index (χ0) is 21.1. The van der Waals surface area contributed by atoms with E-state index in [9.17, 15) is 0 Å². The summed E-state index contributed by atoms with van der Waals surface area (Å²) in [5.41, 5.74) is 0.771. The van der Waals surface area contributed by atoms with Gasteiger partial charge in [-0.15, -0.1) is 0 Å². The minimum absolute atomic E-state index is 0.276. The second kappa shape index (κ2) is 12.2. The van der Waals surface area contributed by atoms with Crippen LogP contribution in [0.5, 0.6) is 5.75 Å². The highest BCUT2D eigenvalue weighted by molar-refractivity contribution is 6.44. The first kappa shape index (κ1) is 22.9. The zero-order valence-corrected chi connectivity index (χ0v) is 18.6. The third-order valence-corrected chi connectivity index (χ3v) is 5.88. The molecule has 164 valence electrons. The molecule has 1 N–H and O–H groups in total. The maximum atomic E-state index is 5.92. The number of unbranched alkanes of at least 4 members (excludes halogenated alkanes) is 4. The van der Waals surface area contributed by atoms with Gasteiger partial charge in [0, 0.05) is 31.5 Å². The predicted molar refractivity (Wildman–Crippen MR) is 124 cm³/mol. The Hall–Kier alpha value is -1.79. The van der Waals surface area contributed by atoms with E-state index in [0.717, 1.165) is 37.4 Å². The summed E-state index contributed by atoms with van der Waals surface area (Å²) in [7, 11) is -0.276. The fourth-order valence-electron chi connectivity index (χ4n) is 4.11. The number of rotatable bonds is 12. The fraction of sp³-hybridized carbons (Fsp3) is 0.625. The van der Waals surface area contributed by atoms with Crippen molar-refractivity contribution in [1.29, 1.82) is 0 Å². The molecule has 0 spiro atoms. The predicted octanol–water partition coefficient (Wildman–Crippen LogP) is 5.26. The van der Waals surface area contributed by atoms with Crippen molar-refractivity contribution < 1.29 is 14.0 Å². The van der Waals surface area contributed by atoms with Gasteiger partial charge >= 0.3 is 7.12 Å². The lowest BCUT2D eigenvalue weighted by molar-refractivity contribution is 0.0646. The summed E-state index contributed by atoms with van der Waals surface area (Å²) in [4.78, 5) is 4.71. The van der Waals surface area contributed by atoms with Crippen LogP contribution in [0.4, 0.5) is 0 Å². The van der Waals surface area contributed by atoms with Crippen LogP contribution in [0.1, 0.15) is 70.8 Å². The van der Waals surface area contributed by atoms with Crippen molar-refractivity contribution in [1.82, 2.24) is 5.32 Å². The van der Waals surface area contributed by atoms with E-state index in [2.05, 4.69) is 31.3 Å². The summed E-state index contributed by atoms with van der Waals surface area (Å²) in [6.45, 7) is 6.40. The van der Waals surface area contributed by atoms with Crippen LogP contribution in [0, 0.1) is 5.92 Å². The van der Waals surface area contributed by atoms with Gasteiger partial charge in [0.05, 0.1) is 0 Å². The number of hydrogen-bond donors (Lipinski definition) is 1. The molecule has 1 aromatic rings. The molecule has 6 heteroatoms. The molecule has 5 nitrogen and oxygen atoms in total. The first-order chi connectivity index (χ1) is 14.8. The molecule has 2 aliphatic heterocycles. The van der Waals surface area contributed by atoms with Crippen molar-refractivity contribution in [2.45, 2.75) is 70.9 Å². The quantitative estimate of drug-likeness (QED) is 0.376. The van der Waals surface area contributed by atoms with E-state index in [1.165, 1.54) is 38.5 Å². The van der Waals surface area contributed by atoms with Crippen LogP contribution in [0.25, 0.3) is 0 Å². The standard InChI is InChI=1S/C24H37BN2O3/c1-3-5-6-7-8-10-21-18-29-25(30-19-21)20-28-23-13-11-22(12-14-23)24(15-4-2)26-16-9-17-27-24/h9,11-14,16-17,21,26H,3-8,10,15,18-20H2,1-2H3. The van der Waals surface area contributed by atoms with Crippen LogP contribution in [0.15, 0.2) is 41.5 Å². The minimum Gasteiger partial charge on any atom is -0.496 e. The van der Waals surface area contributed by atoms with E-state index >= 15 is 0 Å². The van der Waals surface area contributed by atoms with Gasteiger partial charge < -0.3 is 19.4 Å². The normalized spacial score (nSPS) is 21.6. The second-order valence-electron chi connectivity index (χ2n) is 8.39. The molecule has 0 aromatic heterocycles. The summed E-state index contributed by atoms with van der Waals surface area (Å²) in [6, 6.07) is 8.19. The topological polar surface area (TPSA) is 52.1 Å². The van der Waals surface area contributed by atoms with Crippen LogP contribution in [0.2, 0.25) is 0 Å². The molecule has 2 aliphatic rings. The maximum Gasteiger partial charge on any atom is 0.497 e. The highest BCUT2D eigenvalue weighted by Crippen LogP contribution is 2.31. The van der Waals surface area contributed by atoms with Crippen LogP contribution in [-0.4, -0.2) is 33.1 Å². The number of ether oxygens (including phenoxy) is 1. The summed E-state index contributed by atoms with van der Waals surface area (Å²) < 4.78 is 17.7. The molecule has 1 saturated heterocycles. The van der Waals surface area contributed by atoms with Crippen LogP contribution < -0.4 is 10.1 Å². The largest absolute Gasteiger partial charge is 0.497 e. The van der Waals surface area contributed by atoms with Gasteiger partial charge in [0.1, 0.15) is 12.3 Å². The monoisotopic (exact) mass is 412 g/mol. The zero-order valence-electron chi connectivity index (χ0n) is 18.6. The average molecular weight is 412 g/mol. The van der Waals surface area contributed by atoms with Crippen molar-refractivity contribution in [2.75, 3.05) is 19.7 Å². The number of nitrogens with one attached hydrogen (secondary N) is 1. The summed E-state index contributed by atoms with van der Waals surface area (Å²) in [6.07, 6.45) is 15.5. The van der Waals surface area contributed by atoms with Gasteiger partial charge in [0.25, 0.3) is 0 Å². The first-order valence-electron chi connectivity index (χ1n) is 11.7. The van der Waals surface area contributed by atoms with E-state index in [1.54, 1.807) is 0 Å². The number of benzene rings is 1. The van der Waals surface area contributed by atoms with Gasteiger partial charge in [-0.05, 0) is 36.6 Å². The Bertz CT molecular complexity index is 672. The van der Waals surface area contributed by atoms with Gasteiger partial charge in [0.2, 0.25) is 0 Å². The summed E-state index contributed by atoms with van der Waals surface area (Å²) in [5, 5.41) is 3.42. The first-order valence-corrected chi connectivity index (χ1v) is 11.7. The molecule has 1 aromatic carbocycles. The molecular formula is C24H37BN2O3. The van der Waals surface area contributed by atoms with Gasteiger partial charge in [-0.3, -0.25) is 4.99 Å². The van der Waals surface area contributed by atoms with Gasteiger partial charge in [0.15, 0.2) is 5.66 Å². The Labute approximate surface area is 182 Å². The summed E-state index contributed by atoms with van der Waals surface area (Å²) in [5.74, 6) is 1.35. The number of nitrogens with zero attached hydrogens (tertiary/aromatic N) is 1. The molecule has 3 rings (SSSR count). The van der Waals surface area contributed by atoms with Crippen molar-refractivity contribution in [3.63, 3.8) is 0 Å². The van der Waals surface area contributed by atoms with Crippen LogP contribution in [-0.2, 0) is 15.0 Å². The molecule has 30 heavy (non-hydrogen) atoms. The Morgan fingerprint density at radius 1 is 1.07 bits per heavy atom. The molecule has 1 atom stereocenters. The number of hydrogen-bond acceptors (Lipinski definition) is 5. The molecular weight excluding hydrogens is 375 g/mol. The summed E-state index contributed by atoms with van der Waals surface area (Å²) >= 11 is 0. The molecule has 0 bridgehead atoms. The Morgan fingerprint density at radius 2 is 1.83 bits per heavy atom. The molecule has 0 aliphatic carbocycles. The van der Waals surface area contributed by atoms with E-state index in [4.69, 9.17) is 19.0 Å². The van der Waals surface area contributed by atoms with E-state index in [1.807, 2.05) is 30.6 Å². The number of aliphatic imine (C=N–C) groups is 1. The molecule has 0 saturated carbocycles. The SMILES string of the molecule is CCCCCCCC1COB(COc2ccc(C3(CCC)N=CC=CN3)cc2)OC1. The lowest BCUT2D eigenvalue weighted by Crippen LogP contribution is -2.40. The third-order valence-electron chi connectivity index (χ3n) is 5.88. The van der Waals surface area contributed by atoms with Gasteiger partial charge in [-0.2, -0.15) is 0 Å². The van der Waals surface area contributed by atoms with Crippen molar-refractivity contribution in [3.05, 3.63) is 42.1 Å². The van der Waals surface area contributed by atoms with Gasteiger partial charge in [-0.1, -0.05) is 64.5 Å². The Morgan fingerprint density at radius 3 is 2.50 bits per heavy atom. The maximum absolute atomic E-state index is 5.92. The fourth-order valence-corrected chi connectivity index (χ4v) is 4.11. The Balaban J connectivity index is 1.40. The van der Waals surface area contributed by atoms with Gasteiger partial charge in [-0.25, -0.2) is 0 Å². The lowest BCUT2D eigenvalue weighted by atomic mass is 9.88. The van der Waals surface area contributed by atoms with Crippen LogP contribution >= 0.6 is 0 Å². The van der Waals surface area contributed by atoms with Crippen molar-refractivity contribution >= 4 is 13.3 Å². The smallest absolute Gasteiger partial charge is 0.496 e. The molecule has 2 heterocycles. The van der Waals surface area contributed by atoms with Crippen molar-refractivity contribution in [2.24, 2.45) is 10.9 Å². The molecule has 0 amide bonds. The number of allylic oxidation sites excluding steroid dienone is 1. The minimum atomic E-state index is -0.372. The van der Waals surface area contributed by atoms with Crippen LogP contribution in [0.3, 0.4) is 0 Å². The highest BCUT2D eigenvalue weighted by atomic mass is 16.6. The van der Waals surface area contributed by atoms with E-state index in [0.29, 0.717) is 12.4 Å². The Kier molecular flexibility index (Phi) is 9.28. The lowest BCUT2D eigenvalue weighted by Gasteiger charge is -2.32. The van der Waals surface area contributed by atoms with E-state index < -0.39 is 0 Å². The molecule has 0 radical (unpaired) electrons. The third kappa shape index (κ3) is 6.61. The molecule has 1 unspecified atom stereocenters. The highest BCUT2D eigenvalue weighted by Gasteiger charge is 2.30. The van der Waals surface area contributed by atoms with E-state index in [-0.39, 0.29) is 12.8 Å².